The zero-order chi connectivity index (χ0) is 18.6. The van der Waals surface area contributed by atoms with Crippen molar-refractivity contribution in [3.63, 3.8) is 0 Å². The highest BCUT2D eigenvalue weighted by atomic mass is 32.2. The third-order valence-electron chi connectivity index (χ3n) is 4.08. The number of hydrogen-bond acceptors (Lipinski definition) is 7. The molecule has 10 heteroatoms. The van der Waals surface area contributed by atoms with Gasteiger partial charge in [0.2, 0.25) is 0 Å². The summed E-state index contributed by atoms with van der Waals surface area (Å²) in [5, 5.41) is 2.60. The van der Waals surface area contributed by atoms with Crippen LogP contribution in [0.15, 0.2) is 41.7 Å². The van der Waals surface area contributed by atoms with Crippen LogP contribution in [0.1, 0.15) is 16.8 Å². The number of benzene rings is 1. The van der Waals surface area contributed by atoms with E-state index in [1.54, 1.807) is 0 Å². The summed E-state index contributed by atoms with van der Waals surface area (Å²) < 4.78 is 35.8. The minimum Gasteiger partial charge on any atom is -0.496 e. The number of amides is 1. The Kier molecular flexibility index (Phi) is 7.17. The average Bonchev–Trinajstić information content (AvgIpc) is 3.14. The Morgan fingerprint density at radius 2 is 2.19 bits per heavy atom. The van der Waals surface area contributed by atoms with E-state index in [2.05, 4.69) is 15.3 Å². The fraction of sp³-hybridized carbons (Fsp3) is 0.353. The molecule has 1 N–H and O–H groups in total. The lowest BCUT2D eigenvalue weighted by molar-refractivity contribution is 0.102. The zero-order valence-corrected chi connectivity index (χ0v) is 16.5. The molecular formula is C17H21N3O5S2. The van der Waals surface area contributed by atoms with Gasteiger partial charge in [-0.15, -0.1) is 0 Å². The summed E-state index contributed by atoms with van der Waals surface area (Å²) in [4.78, 5) is 20.3. The van der Waals surface area contributed by atoms with Crippen LogP contribution >= 0.6 is 13.5 Å². The number of ether oxygens (including phenoxy) is 2. The molecule has 0 radical (unpaired) electrons. The van der Waals surface area contributed by atoms with Gasteiger partial charge >= 0.3 is 0 Å². The number of anilines is 1. The highest BCUT2D eigenvalue weighted by Gasteiger charge is 2.26. The van der Waals surface area contributed by atoms with Crippen LogP contribution in [-0.4, -0.2) is 50.4 Å². The molecule has 1 atom stereocenters. The summed E-state index contributed by atoms with van der Waals surface area (Å²) in [5.74, 6) is 0.0390. The lowest BCUT2D eigenvalue weighted by atomic mass is 10.2. The zero-order valence-electron chi connectivity index (χ0n) is 14.7. The average molecular weight is 412 g/mol. The monoisotopic (exact) mass is 411 g/mol. The summed E-state index contributed by atoms with van der Waals surface area (Å²) in [6.45, 7) is 1.02. The smallest absolute Gasteiger partial charge is 0.260 e. The quantitative estimate of drug-likeness (QED) is 0.770. The predicted molar refractivity (Wildman–Crippen MR) is 104 cm³/mol. The molecule has 0 aliphatic carbocycles. The lowest BCUT2D eigenvalue weighted by Crippen LogP contribution is -2.18. The Balaban J connectivity index is 0.00000261. The normalized spacial score (nSPS) is 16.4. The molecule has 8 nitrogen and oxygen atoms in total. The van der Waals surface area contributed by atoms with Crippen LogP contribution in [0.3, 0.4) is 0 Å². The van der Waals surface area contributed by atoms with Crippen molar-refractivity contribution >= 4 is 35.1 Å². The second-order valence-corrected chi connectivity index (χ2v) is 7.96. The molecule has 1 aliphatic heterocycles. The molecular weight excluding hydrogens is 390 g/mol. The van der Waals surface area contributed by atoms with Gasteiger partial charge in [0, 0.05) is 12.8 Å². The largest absolute Gasteiger partial charge is 0.496 e. The van der Waals surface area contributed by atoms with Gasteiger partial charge in [0.15, 0.2) is 9.84 Å². The molecule has 1 saturated heterocycles. The minimum atomic E-state index is -3.54. The van der Waals surface area contributed by atoms with Crippen molar-refractivity contribution < 1.29 is 22.7 Å². The van der Waals surface area contributed by atoms with Crippen LogP contribution in [0.4, 0.5) is 5.82 Å². The maximum Gasteiger partial charge on any atom is 0.260 e. The molecule has 27 heavy (non-hydrogen) atoms. The summed E-state index contributed by atoms with van der Waals surface area (Å²) >= 11 is 0. The Bertz CT molecular complexity index is 885. The van der Waals surface area contributed by atoms with Crippen molar-refractivity contribution in [2.75, 3.05) is 31.4 Å². The van der Waals surface area contributed by atoms with Crippen LogP contribution < -0.4 is 10.1 Å². The summed E-state index contributed by atoms with van der Waals surface area (Å²) in [6.07, 6.45) is 3.51. The lowest BCUT2D eigenvalue weighted by Gasteiger charge is -2.13. The number of hydrogen-bond donors (Lipinski definition) is 1. The molecule has 0 bridgehead atoms. The first kappa shape index (κ1) is 21.1. The van der Waals surface area contributed by atoms with E-state index in [1.807, 2.05) is 0 Å². The highest BCUT2D eigenvalue weighted by Crippen LogP contribution is 2.26. The molecule has 2 aromatic rings. The summed E-state index contributed by atoms with van der Waals surface area (Å²) in [7, 11) is -2.12. The number of carbonyl (C=O) groups is 1. The molecule has 1 aromatic carbocycles. The Morgan fingerprint density at radius 1 is 1.37 bits per heavy atom. The van der Waals surface area contributed by atoms with E-state index >= 15 is 0 Å². The maximum absolute atomic E-state index is 12.7. The molecule has 1 aromatic heterocycles. The third-order valence-corrected chi connectivity index (χ3v) is 5.96. The van der Waals surface area contributed by atoms with Crippen LogP contribution in [0.25, 0.3) is 0 Å². The van der Waals surface area contributed by atoms with Gasteiger partial charge in [-0.1, -0.05) is 0 Å². The fourth-order valence-electron chi connectivity index (χ4n) is 2.73. The van der Waals surface area contributed by atoms with E-state index in [0.29, 0.717) is 19.0 Å². The highest BCUT2D eigenvalue weighted by molar-refractivity contribution is 7.91. The fourth-order valence-corrected chi connectivity index (χ4v) is 4.38. The maximum atomic E-state index is 12.7. The Morgan fingerprint density at radius 3 is 2.81 bits per heavy atom. The van der Waals surface area contributed by atoms with Gasteiger partial charge in [0.05, 0.1) is 29.9 Å². The van der Waals surface area contributed by atoms with Crippen molar-refractivity contribution in [1.82, 2.24) is 9.97 Å². The van der Waals surface area contributed by atoms with Crippen molar-refractivity contribution in [1.29, 1.82) is 0 Å². The van der Waals surface area contributed by atoms with Crippen molar-refractivity contribution in [3.05, 3.63) is 42.4 Å². The van der Waals surface area contributed by atoms with Gasteiger partial charge < -0.3 is 14.8 Å². The van der Waals surface area contributed by atoms with E-state index in [1.165, 1.54) is 43.9 Å². The number of rotatable bonds is 6. The van der Waals surface area contributed by atoms with Crippen LogP contribution in [0.5, 0.6) is 5.75 Å². The molecule has 1 aliphatic rings. The van der Waals surface area contributed by atoms with E-state index in [9.17, 15) is 13.2 Å². The first-order chi connectivity index (χ1) is 12.5. The van der Waals surface area contributed by atoms with E-state index < -0.39 is 15.7 Å². The van der Waals surface area contributed by atoms with E-state index in [4.69, 9.17) is 9.47 Å². The second-order valence-electron chi connectivity index (χ2n) is 5.92. The Labute approximate surface area is 164 Å². The molecule has 0 spiro atoms. The molecule has 1 amide bonds. The van der Waals surface area contributed by atoms with Crippen LogP contribution in [0, 0.1) is 5.92 Å². The van der Waals surface area contributed by atoms with Gasteiger partial charge in [-0.2, -0.15) is 13.5 Å². The topological polar surface area (TPSA) is 107 Å². The van der Waals surface area contributed by atoms with Crippen LogP contribution in [-0.2, 0) is 14.6 Å². The van der Waals surface area contributed by atoms with Crippen molar-refractivity contribution in [2.45, 2.75) is 11.3 Å². The SMILES string of the molecule is COc1ccc(S(=O)(=O)C[C@H]2CCOC2)cc1C(=O)Nc1ccncn1.S. The summed E-state index contributed by atoms with van der Waals surface area (Å²) in [6, 6.07) is 5.80. The molecule has 0 unspecified atom stereocenters. The Hall–Kier alpha value is -2.17. The third kappa shape index (κ3) is 5.18. The number of nitrogens with one attached hydrogen (secondary N) is 1. The molecule has 2 heterocycles. The van der Waals surface area contributed by atoms with Gasteiger partial charge in [0.1, 0.15) is 17.9 Å². The number of sulfone groups is 1. The van der Waals surface area contributed by atoms with Gasteiger partial charge in [0.25, 0.3) is 5.91 Å². The van der Waals surface area contributed by atoms with E-state index in [-0.39, 0.29) is 41.4 Å². The number of nitrogens with zero attached hydrogens (tertiary/aromatic N) is 2. The molecule has 146 valence electrons. The first-order valence-corrected chi connectivity index (χ1v) is 9.71. The van der Waals surface area contributed by atoms with Crippen LogP contribution in [0.2, 0.25) is 0 Å². The second kappa shape index (κ2) is 9.16. The molecule has 3 rings (SSSR count). The van der Waals surface area contributed by atoms with Gasteiger partial charge in [-0.3, -0.25) is 4.79 Å². The van der Waals surface area contributed by atoms with Gasteiger partial charge in [-0.05, 0) is 36.6 Å². The summed E-state index contributed by atoms with van der Waals surface area (Å²) in [5.41, 5.74) is 0.120. The molecule has 0 saturated carbocycles. The predicted octanol–water partition coefficient (Wildman–Crippen LogP) is 1.66. The van der Waals surface area contributed by atoms with Crippen molar-refractivity contribution in [3.8, 4) is 5.75 Å². The van der Waals surface area contributed by atoms with Gasteiger partial charge in [-0.25, -0.2) is 18.4 Å². The first-order valence-electron chi connectivity index (χ1n) is 8.05. The standard InChI is InChI=1S/C17H19N3O5S.H2S/c1-24-15-3-2-13(26(22,23)10-12-5-7-25-9-12)8-14(15)17(21)20-16-4-6-18-11-19-16;/h2-4,6,8,11-12H,5,7,9-10H2,1H3,(H,18,19,20,21);1H2/t12-;/m0./s1. The van der Waals surface area contributed by atoms with Crippen molar-refractivity contribution in [2.24, 2.45) is 5.92 Å². The number of methoxy groups -OCH3 is 1. The molecule has 1 fully saturated rings. The number of aromatic nitrogens is 2. The van der Waals surface area contributed by atoms with E-state index in [0.717, 1.165) is 6.42 Å². The minimum absolute atomic E-state index is 0. The number of carbonyl (C=O) groups excluding carboxylic acids is 1.